The third-order valence-corrected chi connectivity index (χ3v) is 4.81. The van der Waals surface area contributed by atoms with Crippen molar-refractivity contribution in [2.75, 3.05) is 0 Å². The van der Waals surface area contributed by atoms with E-state index < -0.39 is 9.84 Å². The smallest absolute Gasteiger partial charge is 0.228 e. The van der Waals surface area contributed by atoms with Crippen LogP contribution < -0.4 is 0 Å². The molecule has 0 N–H and O–H groups in total. The van der Waals surface area contributed by atoms with Crippen LogP contribution >= 0.6 is 11.6 Å². The van der Waals surface area contributed by atoms with Crippen molar-refractivity contribution >= 4 is 21.4 Å². The highest BCUT2D eigenvalue weighted by Gasteiger charge is 2.30. The summed E-state index contributed by atoms with van der Waals surface area (Å²) < 4.78 is 26.5. The van der Waals surface area contributed by atoms with Crippen molar-refractivity contribution in [2.45, 2.75) is 29.8 Å². The molecule has 1 aliphatic rings. The minimum Gasteiger partial charge on any atom is -0.319 e. The van der Waals surface area contributed by atoms with Gasteiger partial charge in [-0.25, -0.2) is 18.4 Å². The number of hydrogen-bond acceptors (Lipinski definition) is 4. The van der Waals surface area contributed by atoms with Crippen LogP contribution in [0.1, 0.15) is 24.4 Å². The van der Waals surface area contributed by atoms with E-state index in [0.717, 1.165) is 12.8 Å². The lowest BCUT2D eigenvalue weighted by molar-refractivity contribution is 0.564. The van der Waals surface area contributed by atoms with Gasteiger partial charge in [0.2, 0.25) is 15.0 Å². The van der Waals surface area contributed by atoms with Gasteiger partial charge in [0.25, 0.3) is 0 Å². The third kappa shape index (κ3) is 2.64. The molecule has 5 nitrogen and oxygen atoms in total. The quantitative estimate of drug-likeness (QED) is 0.812. The van der Waals surface area contributed by atoms with Crippen LogP contribution in [0.25, 0.3) is 0 Å². The van der Waals surface area contributed by atoms with E-state index in [1.165, 1.54) is 12.4 Å². The summed E-state index contributed by atoms with van der Waals surface area (Å²) >= 11 is 5.68. The number of halogens is 1. The molecule has 2 heterocycles. The molecule has 2 aromatic rings. The second kappa shape index (κ2) is 4.61. The first kappa shape index (κ1) is 12.6. The van der Waals surface area contributed by atoms with Gasteiger partial charge in [0.1, 0.15) is 5.15 Å². The molecule has 0 unspecified atom stereocenters. The van der Waals surface area contributed by atoms with E-state index in [2.05, 4.69) is 9.97 Å². The van der Waals surface area contributed by atoms with E-state index in [1.807, 2.05) is 0 Å². The summed E-state index contributed by atoms with van der Waals surface area (Å²) in [6, 6.07) is 3.53. The first-order valence-corrected chi connectivity index (χ1v) is 7.95. The Labute approximate surface area is 116 Å². The van der Waals surface area contributed by atoms with Gasteiger partial charge in [-0.3, -0.25) is 0 Å². The fourth-order valence-electron chi connectivity index (χ4n) is 1.95. The number of rotatable bonds is 4. The Balaban J connectivity index is 1.90. The van der Waals surface area contributed by atoms with Crippen LogP contribution in [0.3, 0.4) is 0 Å². The molecule has 1 fully saturated rings. The molecule has 0 atom stereocenters. The topological polar surface area (TPSA) is 64.8 Å². The van der Waals surface area contributed by atoms with Crippen LogP contribution in [0.2, 0.25) is 5.15 Å². The van der Waals surface area contributed by atoms with Crippen LogP contribution in [-0.4, -0.2) is 23.0 Å². The minimum atomic E-state index is -3.45. The van der Waals surface area contributed by atoms with Gasteiger partial charge in [-0.05, 0) is 24.5 Å². The highest BCUT2D eigenvalue weighted by molar-refractivity contribution is 7.90. The molecule has 0 spiro atoms. The predicted octanol–water partition coefficient (Wildman–Crippen LogP) is 2.24. The zero-order valence-corrected chi connectivity index (χ0v) is 11.6. The van der Waals surface area contributed by atoms with Gasteiger partial charge in [0.15, 0.2) is 0 Å². The van der Waals surface area contributed by atoms with Gasteiger partial charge in [0.05, 0.1) is 5.75 Å². The van der Waals surface area contributed by atoms with Gasteiger partial charge in [-0.15, -0.1) is 0 Å². The zero-order valence-electron chi connectivity index (χ0n) is 10.0. The van der Waals surface area contributed by atoms with Crippen LogP contribution in [0.5, 0.6) is 0 Å². The van der Waals surface area contributed by atoms with Gasteiger partial charge in [-0.2, -0.15) is 0 Å². The molecule has 0 aromatic carbocycles. The summed E-state index contributed by atoms with van der Waals surface area (Å²) in [6.07, 6.45) is 6.77. The summed E-state index contributed by atoms with van der Waals surface area (Å²) in [4.78, 5) is 7.88. The maximum atomic E-state index is 12.4. The minimum absolute atomic E-state index is 0.110. The third-order valence-electron chi connectivity index (χ3n) is 3.00. The van der Waals surface area contributed by atoms with Crippen molar-refractivity contribution in [3.63, 3.8) is 0 Å². The van der Waals surface area contributed by atoms with E-state index in [0.29, 0.717) is 10.7 Å². The molecule has 0 aliphatic heterocycles. The average Bonchev–Trinajstić information content (AvgIpc) is 3.09. The first-order valence-electron chi connectivity index (χ1n) is 5.92. The van der Waals surface area contributed by atoms with E-state index in [1.54, 1.807) is 22.9 Å². The van der Waals surface area contributed by atoms with Crippen molar-refractivity contribution in [3.05, 3.63) is 41.4 Å². The lowest BCUT2D eigenvalue weighted by Crippen LogP contribution is -2.12. The van der Waals surface area contributed by atoms with Gasteiger partial charge in [0, 0.05) is 24.6 Å². The van der Waals surface area contributed by atoms with Crippen LogP contribution in [0.4, 0.5) is 0 Å². The van der Waals surface area contributed by atoms with Crippen molar-refractivity contribution in [1.82, 2.24) is 14.5 Å². The number of pyridine rings is 1. The van der Waals surface area contributed by atoms with Crippen molar-refractivity contribution in [3.8, 4) is 0 Å². The largest absolute Gasteiger partial charge is 0.319 e. The molecule has 1 aliphatic carbocycles. The summed E-state index contributed by atoms with van der Waals surface area (Å²) in [5, 5.41) is 0.491. The molecule has 19 heavy (non-hydrogen) atoms. The molecule has 100 valence electrons. The fourth-order valence-corrected chi connectivity index (χ4v) is 3.55. The number of sulfone groups is 1. The Morgan fingerprint density at radius 3 is 2.74 bits per heavy atom. The van der Waals surface area contributed by atoms with Crippen molar-refractivity contribution in [1.29, 1.82) is 0 Å². The maximum absolute atomic E-state index is 12.4. The van der Waals surface area contributed by atoms with Gasteiger partial charge < -0.3 is 4.57 Å². The van der Waals surface area contributed by atoms with E-state index in [4.69, 9.17) is 11.6 Å². The Morgan fingerprint density at radius 2 is 2.11 bits per heavy atom. The zero-order chi connectivity index (χ0) is 13.5. The monoisotopic (exact) mass is 297 g/mol. The number of nitrogens with zero attached hydrogens (tertiary/aromatic N) is 3. The second-order valence-corrected chi connectivity index (χ2v) is 6.87. The highest BCUT2D eigenvalue weighted by Crippen LogP contribution is 2.36. The van der Waals surface area contributed by atoms with E-state index in [-0.39, 0.29) is 17.0 Å². The summed E-state index contributed by atoms with van der Waals surface area (Å²) in [5.74, 6) is -0.110. The normalized spacial score (nSPS) is 15.6. The Hall–Kier alpha value is -1.40. The molecule has 2 aromatic heterocycles. The van der Waals surface area contributed by atoms with E-state index >= 15 is 0 Å². The molecule has 0 amide bonds. The second-order valence-electron chi connectivity index (χ2n) is 4.60. The SMILES string of the molecule is O=S(=O)(Cc1ccc(Cl)nc1)c1nccn1C1CC1. The highest BCUT2D eigenvalue weighted by atomic mass is 35.5. The van der Waals surface area contributed by atoms with Crippen molar-refractivity contribution < 1.29 is 8.42 Å². The number of hydrogen-bond donors (Lipinski definition) is 0. The summed E-state index contributed by atoms with van der Waals surface area (Å²) in [7, 11) is -3.45. The molecule has 1 saturated carbocycles. The standard InChI is InChI=1S/C12H12ClN3O2S/c13-11-4-1-9(7-15-11)8-19(17,18)12-14-5-6-16(12)10-2-3-10/h1,4-7,10H,2-3,8H2. The summed E-state index contributed by atoms with van der Waals surface area (Å²) in [5.41, 5.74) is 0.606. The molecule has 0 bridgehead atoms. The number of aromatic nitrogens is 3. The Kier molecular flexibility index (Phi) is 3.06. The molecule has 0 radical (unpaired) electrons. The molecule has 7 heteroatoms. The molecule has 0 saturated heterocycles. The first-order chi connectivity index (χ1) is 9.06. The van der Waals surface area contributed by atoms with Crippen LogP contribution in [0, 0.1) is 0 Å². The van der Waals surface area contributed by atoms with Crippen LogP contribution in [-0.2, 0) is 15.6 Å². The van der Waals surface area contributed by atoms with Gasteiger partial charge >= 0.3 is 0 Å². The maximum Gasteiger partial charge on any atom is 0.228 e. The summed E-state index contributed by atoms with van der Waals surface area (Å²) in [6.45, 7) is 0. The molecular formula is C12H12ClN3O2S. The Morgan fingerprint density at radius 1 is 1.32 bits per heavy atom. The number of imidazole rings is 1. The average molecular weight is 298 g/mol. The Bertz CT molecular complexity index is 690. The van der Waals surface area contributed by atoms with Crippen molar-refractivity contribution in [2.24, 2.45) is 0 Å². The van der Waals surface area contributed by atoms with Crippen LogP contribution in [0.15, 0.2) is 35.9 Å². The fraction of sp³-hybridized carbons (Fsp3) is 0.333. The lowest BCUT2D eigenvalue weighted by Gasteiger charge is -2.07. The molecular weight excluding hydrogens is 286 g/mol. The lowest BCUT2D eigenvalue weighted by atomic mass is 10.3. The predicted molar refractivity (Wildman–Crippen MR) is 70.6 cm³/mol. The molecule has 3 rings (SSSR count). The van der Waals surface area contributed by atoms with E-state index in [9.17, 15) is 8.42 Å². The van der Waals surface area contributed by atoms with Gasteiger partial charge in [-0.1, -0.05) is 17.7 Å².